The molecule has 0 spiro atoms. The Bertz CT molecular complexity index is 562. The van der Waals surface area contributed by atoms with Crippen LogP contribution in [0.25, 0.3) is 0 Å². The van der Waals surface area contributed by atoms with Gasteiger partial charge in [-0.2, -0.15) is 0 Å². The van der Waals surface area contributed by atoms with E-state index in [2.05, 4.69) is 35.3 Å². The van der Waals surface area contributed by atoms with Crippen LogP contribution in [0.4, 0.5) is 0 Å². The number of alkyl halides is 1. The first-order valence-corrected chi connectivity index (χ1v) is 7.82. The van der Waals surface area contributed by atoms with Crippen molar-refractivity contribution >= 4 is 11.6 Å². The van der Waals surface area contributed by atoms with Crippen LogP contribution in [0.5, 0.6) is 0 Å². The van der Waals surface area contributed by atoms with E-state index in [0.717, 1.165) is 24.4 Å². The molecule has 0 N–H and O–H groups in total. The van der Waals surface area contributed by atoms with E-state index in [-0.39, 0.29) is 5.41 Å². The summed E-state index contributed by atoms with van der Waals surface area (Å²) >= 11 is 5.94. The maximum Gasteiger partial charge on any atom is 0.139 e. The predicted molar refractivity (Wildman–Crippen MR) is 81.9 cm³/mol. The summed E-state index contributed by atoms with van der Waals surface area (Å²) in [5.74, 6) is 1.39. The lowest BCUT2D eigenvalue weighted by Crippen LogP contribution is -2.32. The summed E-state index contributed by atoms with van der Waals surface area (Å²) in [6.45, 7) is 0. The van der Waals surface area contributed by atoms with Crippen LogP contribution in [-0.4, -0.2) is 9.97 Å². The normalized spacial score (nSPS) is 17.9. The fraction of sp³-hybridized carbons (Fsp3) is 0.412. The van der Waals surface area contributed by atoms with Gasteiger partial charge in [0.15, 0.2) is 0 Å². The van der Waals surface area contributed by atoms with Crippen molar-refractivity contribution in [3.05, 3.63) is 59.7 Å². The van der Waals surface area contributed by atoms with E-state index in [1.54, 1.807) is 0 Å². The fourth-order valence-electron chi connectivity index (χ4n) is 3.25. The Morgan fingerprint density at radius 2 is 1.75 bits per heavy atom. The van der Waals surface area contributed by atoms with Gasteiger partial charge in [-0.1, -0.05) is 49.6 Å². The van der Waals surface area contributed by atoms with E-state index in [9.17, 15) is 0 Å². The molecular weight excluding hydrogens is 268 g/mol. The van der Waals surface area contributed by atoms with E-state index in [1.807, 2.05) is 12.3 Å². The molecule has 0 aliphatic heterocycles. The lowest BCUT2D eigenvalue weighted by Gasteiger charge is -2.36. The third kappa shape index (κ3) is 2.45. The Hall–Kier alpha value is -1.41. The number of benzene rings is 1. The number of halogens is 1. The highest BCUT2D eigenvalue weighted by atomic mass is 35.5. The van der Waals surface area contributed by atoms with Crippen LogP contribution in [0.3, 0.4) is 0 Å². The zero-order chi connectivity index (χ0) is 13.8. The maximum absolute atomic E-state index is 5.94. The highest BCUT2D eigenvalue weighted by molar-refractivity contribution is 6.16. The third-order valence-electron chi connectivity index (χ3n) is 4.31. The summed E-state index contributed by atoms with van der Waals surface area (Å²) < 4.78 is 0. The van der Waals surface area contributed by atoms with Gasteiger partial charge in [0, 0.05) is 6.20 Å². The average molecular weight is 287 g/mol. The highest BCUT2D eigenvalue weighted by Crippen LogP contribution is 2.43. The van der Waals surface area contributed by atoms with Gasteiger partial charge in [-0.3, -0.25) is 0 Å². The minimum Gasteiger partial charge on any atom is -0.240 e. The Labute approximate surface area is 125 Å². The van der Waals surface area contributed by atoms with E-state index in [4.69, 9.17) is 16.6 Å². The Kier molecular flexibility index (Phi) is 4.02. The molecule has 1 aromatic heterocycles. The molecule has 1 heterocycles. The fourth-order valence-corrected chi connectivity index (χ4v) is 3.40. The van der Waals surface area contributed by atoms with Crippen LogP contribution in [0.2, 0.25) is 0 Å². The zero-order valence-electron chi connectivity index (χ0n) is 11.6. The first-order chi connectivity index (χ1) is 9.85. The quantitative estimate of drug-likeness (QED) is 0.778. The second kappa shape index (κ2) is 5.92. The molecular formula is C17H19ClN2. The standard InChI is InChI=1S/C17H19ClN2/c18-13-15-9-12-19-16(20-15)17(10-5-2-6-11-17)14-7-3-1-4-8-14/h1,3-4,7-9,12H,2,5-6,10-11,13H2. The van der Waals surface area contributed by atoms with E-state index < -0.39 is 0 Å². The molecule has 2 nitrogen and oxygen atoms in total. The van der Waals surface area contributed by atoms with Gasteiger partial charge in [0.2, 0.25) is 0 Å². The second-order valence-corrected chi connectivity index (χ2v) is 5.78. The van der Waals surface area contributed by atoms with E-state index in [0.29, 0.717) is 5.88 Å². The zero-order valence-corrected chi connectivity index (χ0v) is 12.3. The minimum absolute atomic E-state index is 0.0262. The van der Waals surface area contributed by atoms with Gasteiger partial charge >= 0.3 is 0 Å². The predicted octanol–water partition coefficient (Wildman–Crippen LogP) is 4.47. The highest BCUT2D eigenvalue weighted by Gasteiger charge is 2.38. The number of hydrogen-bond acceptors (Lipinski definition) is 2. The minimum atomic E-state index is -0.0262. The van der Waals surface area contributed by atoms with Gasteiger partial charge in [0.1, 0.15) is 5.82 Å². The van der Waals surface area contributed by atoms with Crippen LogP contribution < -0.4 is 0 Å². The monoisotopic (exact) mass is 286 g/mol. The number of hydrogen-bond donors (Lipinski definition) is 0. The molecule has 1 aliphatic carbocycles. The molecule has 3 heteroatoms. The molecule has 20 heavy (non-hydrogen) atoms. The van der Waals surface area contributed by atoms with Gasteiger partial charge in [-0.05, 0) is 24.5 Å². The van der Waals surface area contributed by atoms with Gasteiger partial charge < -0.3 is 0 Å². The summed E-state index contributed by atoms with van der Waals surface area (Å²) in [5, 5.41) is 0. The van der Waals surface area contributed by atoms with Crippen molar-refractivity contribution in [1.29, 1.82) is 0 Å². The smallest absolute Gasteiger partial charge is 0.139 e. The van der Waals surface area contributed by atoms with E-state index >= 15 is 0 Å². The first-order valence-electron chi connectivity index (χ1n) is 7.29. The lowest BCUT2D eigenvalue weighted by molar-refractivity contribution is 0.329. The average Bonchev–Trinajstić information content (AvgIpc) is 2.56. The molecule has 0 unspecified atom stereocenters. The Morgan fingerprint density at radius 1 is 1.00 bits per heavy atom. The molecule has 104 valence electrons. The van der Waals surface area contributed by atoms with Crippen LogP contribution in [0.15, 0.2) is 42.6 Å². The summed E-state index contributed by atoms with van der Waals surface area (Å²) in [5.41, 5.74) is 2.23. The first kappa shape index (κ1) is 13.6. The van der Waals surface area contributed by atoms with Gasteiger partial charge in [-0.25, -0.2) is 9.97 Å². The molecule has 0 radical (unpaired) electrons. The molecule has 1 fully saturated rings. The van der Waals surface area contributed by atoms with Crippen LogP contribution in [-0.2, 0) is 11.3 Å². The van der Waals surface area contributed by atoms with Crippen molar-refractivity contribution in [2.75, 3.05) is 0 Å². The number of rotatable bonds is 3. The molecule has 0 atom stereocenters. The summed E-state index contributed by atoms with van der Waals surface area (Å²) in [6.07, 6.45) is 7.89. The summed E-state index contributed by atoms with van der Waals surface area (Å²) in [6, 6.07) is 12.6. The van der Waals surface area contributed by atoms with E-state index in [1.165, 1.54) is 24.8 Å². The van der Waals surface area contributed by atoms with Gasteiger partial charge in [-0.15, -0.1) is 11.6 Å². The van der Waals surface area contributed by atoms with Gasteiger partial charge in [0.25, 0.3) is 0 Å². The molecule has 0 saturated heterocycles. The largest absolute Gasteiger partial charge is 0.240 e. The van der Waals surface area contributed by atoms with Crippen molar-refractivity contribution in [2.24, 2.45) is 0 Å². The Balaban J connectivity index is 2.10. The molecule has 0 bridgehead atoms. The van der Waals surface area contributed by atoms with Crippen LogP contribution in [0.1, 0.15) is 49.2 Å². The molecule has 0 amide bonds. The molecule has 1 aromatic carbocycles. The van der Waals surface area contributed by atoms with Crippen molar-refractivity contribution in [1.82, 2.24) is 9.97 Å². The molecule has 2 aromatic rings. The molecule has 1 aliphatic rings. The van der Waals surface area contributed by atoms with Crippen molar-refractivity contribution < 1.29 is 0 Å². The molecule has 3 rings (SSSR count). The topological polar surface area (TPSA) is 25.8 Å². The Morgan fingerprint density at radius 3 is 2.45 bits per heavy atom. The summed E-state index contributed by atoms with van der Waals surface area (Å²) in [7, 11) is 0. The summed E-state index contributed by atoms with van der Waals surface area (Å²) in [4.78, 5) is 9.31. The third-order valence-corrected chi connectivity index (χ3v) is 4.59. The SMILES string of the molecule is ClCc1ccnc(C2(c3ccccc3)CCCCC2)n1. The molecule has 1 saturated carbocycles. The van der Waals surface area contributed by atoms with Crippen molar-refractivity contribution in [3.63, 3.8) is 0 Å². The van der Waals surface area contributed by atoms with Gasteiger partial charge in [0.05, 0.1) is 17.0 Å². The maximum atomic E-state index is 5.94. The van der Waals surface area contributed by atoms with Crippen molar-refractivity contribution in [3.8, 4) is 0 Å². The van der Waals surface area contributed by atoms with Crippen molar-refractivity contribution in [2.45, 2.75) is 43.4 Å². The number of nitrogens with zero attached hydrogens (tertiary/aromatic N) is 2. The number of aromatic nitrogens is 2. The van der Waals surface area contributed by atoms with Crippen LogP contribution >= 0.6 is 11.6 Å². The second-order valence-electron chi connectivity index (χ2n) is 5.51. The lowest BCUT2D eigenvalue weighted by atomic mass is 9.68. The van der Waals surface area contributed by atoms with Crippen LogP contribution in [0, 0.1) is 0 Å².